The van der Waals surface area contributed by atoms with Gasteiger partial charge >= 0.3 is 0 Å². The molecule has 5 aromatic rings. The summed E-state index contributed by atoms with van der Waals surface area (Å²) in [5, 5.41) is 12.9. The van der Waals surface area contributed by atoms with Crippen molar-refractivity contribution >= 4 is 23.8 Å². The number of imidazole rings is 1. The van der Waals surface area contributed by atoms with Crippen LogP contribution in [0.4, 0.5) is 11.4 Å². The molecule has 0 aliphatic carbocycles. The molecule has 0 spiro atoms. The van der Waals surface area contributed by atoms with Crippen LogP contribution in [0.5, 0.6) is 0 Å². The van der Waals surface area contributed by atoms with Gasteiger partial charge in [-0.25, -0.2) is 18.3 Å². The normalized spacial score (nSPS) is 11.5. The molecule has 0 saturated heterocycles. The molecule has 3 aromatic heterocycles. The van der Waals surface area contributed by atoms with Gasteiger partial charge in [0, 0.05) is 62.3 Å². The number of aryl methyl sites for hydroxylation is 4. The number of aromatic nitrogens is 4. The number of pyridine rings is 2. The molecule has 0 aliphatic heterocycles. The van der Waals surface area contributed by atoms with E-state index in [0.717, 1.165) is 48.7 Å². The smallest absolute Gasteiger partial charge is 0.243 e. The Labute approximate surface area is 292 Å². The highest BCUT2D eigenvalue weighted by molar-refractivity contribution is 5.80. The van der Waals surface area contributed by atoms with E-state index in [1.807, 2.05) is 72.9 Å². The van der Waals surface area contributed by atoms with Gasteiger partial charge in [0.25, 0.3) is 0 Å². The average Bonchev–Trinajstić information content (AvgIpc) is 3.61. The van der Waals surface area contributed by atoms with E-state index < -0.39 is 0 Å². The van der Waals surface area contributed by atoms with Gasteiger partial charge < -0.3 is 0 Å². The predicted octanol–water partition coefficient (Wildman–Crippen LogP) is 6.81. The molecule has 0 saturated carbocycles. The molecular weight excluding hydrogens is 605 g/mol. The zero-order valence-electron chi connectivity index (χ0n) is 29.3. The molecule has 0 N–H and O–H groups in total. The summed E-state index contributed by atoms with van der Waals surface area (Å²) in [6.07, 6.45) is 29.0. The van der Waals surface area contributed by atoms with Crippen LogP contribution in [-0.4, -0.2) is 31.1 Å². The third-order valence-corrected chi connectivity index (χ3v) is 8.77. The molecule has 8 nitrogen and oxygen atoms in total. The molecule has 0 radical (unpaired) electrons. The number of hydrogen-bond acceptors (Lipinski definition) is 4. The van der Waals surface area contributed by atoms with Crippen molar-refractivity contribution in [3.05, 3.63) is 140 Å². The minimum atomic E-state index is 1.05. The standard InChI is InChI=1S/C41H53N8/c1-44(40-17-9-7-10-18-40)42-35-38-21-29-46(30-22-38)25-13-3-5-15-27-48-33-34-49(37-48)28-16-6-4-14-26-47-31-23-39(24-32-47)36-43-45(2)41-19-11-8-12-20-41/h7-12,17-24,29-37H,3-6,13-16,25-28H2,1-2H3/q+3. The van der Waals surface area contributed by atoms with Crippen molar-refractivity contribution in [2.24, 2.45) is 10.2 Å². The maximum Gasteiger partial charge on any atom is 0.243 e. The van der Waals surface area contributed by atoms with Crippen LogP contribution in [0.1, 0.15) is 62.5 Å². The fraction of sp³-hybridized carbons (Fsp3) is 0.341. The van der Waals surface area contributed by atoms with E-state index in [-0.39, 0.29) is 0 Å². The molecule has 3 heterocycles. The van der Waals surface area contributed by atoms with Crippen molar-refractivity contribution in [1.29, 1.82) is 0 Å². The topological polar surface area (TPSA) is 47.8 Å². The first-order chi connectivity index (χ1) is 24.1. The fourth-order valence-corrected chi connectivity index (χ4v) is 5.72. The van der Waals surface area contributed by atoms with E-state index in [0.29, 0.717) is 0 Å². The van der Waals surface area contributed by atoms with Crippen molar-refractivity contribution in [3.8, 4) is 0 Å². The summed E-state index contributed by atoms with van der Waals surface area (Å²) in [6, 6.07) is 28.9. The third-order valence-electron chi connectivity index (χ3n) is 8.77. The van der Waals surface area contributed by atoms with Crippen molar-refractivity contribution in [3.63, 3.8) is 0 Å². The van der Waals surface area contributed by atoms with E-state index >= 15 is 0 Å². The lowest BCUT2D eigenvalue weighted by Crippen LogP contribution is -2.32. The summed E-state index contributed by atoms with van der Waals surface area (Å²) < 4.78 is 9.23. The van der Waals surface area contributed by atoms with E-state index in [9.17, 15) is 0 Å². The summed E-state index contributed by atoms with van der Waals surface area (Å²) in [5.74, 6) is 0. The number of unbranched alkanes of at least 4 members (excludes halogenated alkanes) is 6. The molecule has 254 valence electrons. The predicted molar refractivity (Wildman–Crippen MR) is 200 cm³/mol. The number of hydrogen-bond donors (Lipinski definition) is 0. The molecule has 0 fully saturated rings. The van der Waals surface area contributed by atoms with Crippen LogP contribution < -0.4 is 23.7 Å². The van der Waals surface area contributed by atoms with Crippen LogP contribution in [-0.2, 0) is 26.2 Å². The van der Waals surface area contributed by atoms with Gasteiger partial charge in [0.2, 0.25) is 6.33 Å². The monoisotopic (exact) mass is 657 g/mol. The van der Waals surface area contributed by atoms with Crippen LogP contribution in [0.2, 0.25) is 0 Å². The molecule has 0 atom stereocenters. The van der Waals surface area contributed by atoms with Gasteiger partial charge in [0.05, 0.1) is 36.9 Å². The molecule has 5 rings (SSSR count). The molecular formula is C41H53N8+3. The molecule has 2 aromatic carbocycles. The van der Waals surface area contributed by atoms with Crippen molar-refractivity contribution < 1.29 is 13.7 Å². The van der Waals surface area contributed by atoms with Crippen LogP contribution in [0, 0.1) is 0 Å². The Morgan fingerprint density at radius 2 is 0.939 bits per heavy atom. The Morgan fingerprint density at radius 3 is 1.41 bits per heavy atom. The Balaban J connectivity index is 0.877. The van der Waals surface area contributed by atoms with Gasteiger partial charge in [-0.2, -0.15) is 10.2 Å². The number of rotatable bonds is 20. The van der Waals surface area contributed by atoms with E-state index in [1.54, 1.807) is 0 Å². The van der Waals surface area contributed by atoms with E-state index in [4.69, 9.17) is 0 Å². The zero-order chi connectivity index (χ0) is 33.9. The van der Waals surface area contributed by atoms with Crippen LogP contribution in [0.25, 0.3) is 0 Å². The Morgan fingerprint density at radius 1 is 0.510 bits per heavy atom. The first-order valence-corrected chi connectivity index (χ1v) is 17.8. The van der Waals surface area contributed by atoms with E-state index in [2.05, 4.69) is 121 Å². The lowest BCUT2D eigenvalue weighted by Gasteiger charge is -2.11. The van der Waals surface area contributed by atoms with Gasteiger partial charge in [0.1, 0.15) is 25.5 Å². The van der Waals surface area contributed by atoms with Gasteiger partial charge in [-0.1, -0.05) is 36.4 Å². The van der Waals surface area contributed by atoms with Gasteiger partial charge in [-0.05, 0) is 62.8 Å². The Hall–Kier alpha value is -5.11. The molecule has 0 aliphatic rings. The lowest BCUT2D eigenvalue weighted by molar-refractivity contribution is -0.698. The summed E-state index contributed by atoms with van der Waals surface area (Å²) in [4.78, 5) is 0. The largest absolute Gasteiger partial charge is 0.269 e. The Bertz CT molecular complexity index is 1550. The highest BCUT2D eigenvalue weighted by Crippen LogP contribution is 2.12. The maximum absolute atomic E-state index is 4.56. The third kappa shape index (κ3) is 12.5. The lowest BCUT2D eigenvalue weighted by atomic mass is 10.2. The quantitative estimate of drug-likeness (QED) is 0.0400. The van der Waals surface area contributed by atoms with Gasteiger partial charge in [0.15, 0.2) is 24.8 Å². The number of para-hydroxylation sites is 2. The zero-order valence-corrected chi connectivity index (χ0v) is 29.3. The second kappa shape index (κ2) is 19.6. The van der Waals surface area contributed by atoms with Crippen LogP contribution >= 0.6 is 0 Å². The van der Waals surface area contributed by atoms with Crippen LogP contribution in [0.15, 0.2) is 139 Å². The van der Waals surface area contributed by atoms with Crippen LogP contribution in [0.3, 0.4) is 0 Å². The van der Waals surface area contributed by atoms with Crippen molar-refractivity contribution in [2.75, 3.05) is 24.1 Å². The molecule has 0 bridgehead atoms. The summed E-state index contributed by atoms with van der Waals surface area (Å²) >= 11 is 0. The summed E-state index contributed by atoms with van der Waals surface area (Å²) in [5.41, 5.74) is 4.36. The molecule has 0 amide bonds. The van der Waals surface area contributed by atoms with Crippen molar-refractivity contribution in [1.82, 2.24) is 4.57 Å². The molecule has 0 unspecified atom stereocenters. The SMILES string of the molecule is CN(N=Cc1cc[n+](CCCCCCn2cc[n+](CCCCCC[n+]3ccc(C=NN(C)c4ccccc4)cc3)c2)cc1)c1ccccc1. The average molecular weight is 658 g/mol. The number of benzene rings is 2. The second-order valence-electron chi connectivity index (χ2n) is 12.7. The van der Waals surface area contributed by atoms with Crippen molar-refractivity contribution in [2.45, 2.75) is 77.5 Å². The first kappa shape index (κ1) is 35.2. The highest BCUT2D eigenvalue weighted by Gasteiger charge is 2.06. The summed E-state index contributed by atoms with van der Waals surface area (Å²) in [7, 11) is 3.94. The number of anilines is 2. The minimum Gasteiger partial charge on any atom is -0.269 e. The number of nitrogens with zero attached hydrogens (tertiary/aromatic N) is 8. The number of hydrazone groups is 2. The van der Waals surface area contributed by atoms with Gasteiger partial charge in [-0.3, -0.25) is 10.0 Å². The highest BCUT2D eigenvalue weighted by atomic mass is 15.4. The molecule has 8 heteroatoms. The maximum atomic E-state index is 4.56. The first-order valence-electron chi connectivity index (χ1n) is 17.8. The van der Waals surface area contributed by atoms with E-state index in [1.165, 1.54) is 51.4 Å². The molecule has 49 heavy (non-hydrogen) atoms. The summed E-state index contributed by atoms with van der Waals surface area (Å²) in [6.45, 7) is 4.30. The Kier molecular flexibility index (Phi) is 14.1. The minimum absolute atomic E-state index is 1.05. The van der Waals surface area contributed by atoms with Gasteiger partial charge in [-0.15, -0.1) is 0 Å². The second-order valence-corrected chi connectivity index (χ2v) is 12.7. The fourth-order valence-electron chi connectivity index (χ4n) is 5.72.